The van der Waals surface area contributed by atoms with Gasteiger partial charge in [0.2, 0.25) is 5.91 Å². The third kappa shape index (κ3) is 3.07. The van der Waals surface area contributed by atoms with Crippen molar-refractivity contribution in [3.63, 3.8) is 0 Å². The van der Waals surface area contributed by atoms with Gasteiger partial charge in [-0.15, -0.1) is 0 Å². The molecule has 1 amide bonds. The fourth-order valence-corrected chi connectivity index (χ4v) is 1.31. The average Bonchev–Trinajstić information content (AvgIpc) is 2.30. The zero-order valence-electron chi connectivity index (χ0n) is 10.2. The van der Waals surface area contributed by atoms with Gasteiger partial charge < -0.3 is 11.1 Å². The van der Waals surface area contributed by atoms with Crippen molar-refractivity contribution in [1.29, 1.82) is 0 Å². The molecule has 0 aliphatic heterocycles. The van der Waals surface area contributed by atoms with Gasteiger partial charge in [0.25, 0.3) is 0 Å². The largest absolute Gasteiger partial charge is 0.349 e. The van der Waals surface area contributed by atoms with Gasteiger partial charge in [0.15, 0.2) is 0 Å². The molecule has 0 heterocycles. The third-order valence-electron chi connectivity index (χ3n) is 2.77. The summed E-state index contributed by atoms with van der Waals surface area (Å²) < 4.78 is 0. The Morgan fingerprint density at radius 2 is 1.94 bits per heavy atom. The maximum atomic E-state index is 11.9. The fourth-order valence-electron chi connectivity index (χ4n) is 1.31. The van der Waals surface area contributed by atoms with Crippen LogP contribution in [-0.4, -0.2) is 12.5 Å². The van der Waals surface area contributed by atoms with Gasteiger partial charge in [-0.05, 0) is 26.3 Å². The Bertz CT molecular complexity index is 346. The maximum Gasteiger partial charge on any atom is 0.227 e. The highest BCUT2D eigenvalue weighted by atomic mass is 16.2. The zero-order chi connectivity index (χ0) is 12.2. The molecule has 0 spiro atoms. The van der Waals surface area contributed by atoms with E-state index < -0.39 is 5.41 Å². The Kier molecular flexibility index (Phi) is 4.07. The molecule has 0 fully saturated rings. The highest BCUT2D eigenvalue weighted by Gasteiger charge is 2.26. The smallest absolute Gasteiger partial charge is 0.227 e. The lowest BCUT2D eigenvalue weighted by molar-refractivity contribution is -0.129. The molecule has 0 aromatic heterocycles. The molecule has 0 saturated heterocycles. The highest BCUT2D eigenvalue weighted by Crippen LogP contribution is 2.17. The molecular weight excluding hydrogens is 200 g/mol. The number of nitrogens with one attached hydrogen (secondary N) is 1. The van der Waals surface area contributed by atoms with E-state index in [1.807, 2.05) is 51.1 Å². The molecule has 1 rings (SSSR count). The Balaban J connectivity index is 2.66. The molecule has 3 nitrogen and oxygen atoms in total. The summed E-state index contributed by atoms with van der Waals surface area (Å²) in [5.74, 6) is -0.00801. The van der Waals surface area contributed by atoms with E-state index in [0.717, 1.165) is 5.56 Å². The number of rotatable bonds is 4. The van der Waals surface area contributed by atoms with Gasteiger partial charge in [0.05, 0.1) is 11.5 Å². The van der Waals surface area contributed by atoms with E-state index in [4.69, 9.17) is 5.73 Å². The van der Waals surface area contributed by atoms with Gasteiger partial charge in [-0.3, -0.25) is 4.79 Å². The van der Waals surface area contributed by atoms with E-state index in [-0.39, 0.29) is 11.9 Å². The van der Waals surface area contributed by atoms with Crippen LogP contribution < -0.4 is 11.1 Å². The number of hydrogen-bond acceptors (Lipinski definition) is 2. The van der Waals surface area contributed by atoms with Crippen LogP contribution in [0.3, 0.4) is 0 Å². The minimum atomic E-state index is -0.511. The van der Waals surface area contributed by atoms with E-state index in [2.05, 4.69) is 5.32 Å². The summed E-state index contributed by atoms with van der Waals surface area (Å²) in [6.45, 7) is 6.01. The topological polar surface area (TPSA) is 55.1 Å². The van der Waals surface area contributed by atoms with Crippen LogP contribution in [0.5, 0.6) is 0 Å². The molecule has 88 valence electrons. The van der Waals surface area contributed by atoms with E-state index in [9.17, 15) is 4.79 Å². The highest BCUT2D eigenvalue weighted by molar-refractivity contribution is 5.82. The van der Waals surface area contributed by atoms with Crippen molar-refractivity contribution in [2.24, 2.45) is 11.1 Å². The maximum absolute atomic E-state index is 11.9. The van der Waals surface area contributed by atoms with E-state index in [1.165, 1.54) is 0 Å². The molecule has 3 N–H and O–H groups in total. The van der Waals surface area contributed by atoms with Crippen LogP contribution in [0.2, 0.25) is 0 Å². The standard InChI is InChI=1S/C13H20N2O/c1-10(11-7-5-4-6-8-11)15-12(16)13(2,3)9-14/h4-8,10H,9,14H2,1-3H3,(H,15,16). The summed E-state index contributed by atoms with van der Waals surface area (Å²) in [5.41, 5.74) is 6.15. The summed E-state index contributed by atoms with van der Waals surface area (Å²) in [4.78, 5) is 11.9. The second-order valence-corrected chi connectivity index (χ2v) is 4.69. The Morgan fingerprint density at radius 3 is 2.44 bits per heavy atom. The summed E-state index contributed by atoms with van der Waals surface area (Å²) in [5, 5.41) is 2.97. The molecule has 3 heteroatoms. The number of nitrogens with two attached hydrogens (primary N) is 1. The van der Waals surface area contributed by atoms with Gasteiger partial charge in [-0.25, -0.2) is 0 Å². The molecule has 1 aromatic carbocycles. The Hall–Kier alpha value is -1.35. The van der Waals surface area contributed by atoms with Crippen molar-refractivity contribution in [3.05, 3.63) is 35.9 Å². The molecule has 0 radical (unpaired) electrons. The predicted molar refractivity (Wildman–Crippen MR) is 65.8 cm³/mol. The van der Waals surface area contributed by atoms with Crippen molar-refractivity contribution >= 4 is 5.91 Å². The van der Waals surface area contributed by atoms with Gasteiger partial charge >= 0.3 is 0 Å². The summed E-state index contributed by atoms with van der Waals surface area (Å²) in [6, 6.07) is 9.90. The first kappa shape index (κ1) is 12.7. The van der Waals surface area contributed by atoms with Crippen LogP contribution in [0.4, 0.5) is 0 Å². The van der Waals surface area contributed by atoms with Crippen molar-refractivity contribution in [3.8, 4) is 0 Å². The van der Waals surface area contributed by atoms with E-state index in [0.29, 0.717) is 6.54 Å². The molecular formula is C13H20N2O. The molecule has 1 atom stereocenters. The first-order valence-corrected chi connectivity index (χ1v) is 5.53. The second kappa shape index (κ2) is 5.12. The first-order valence-electron chi connectivity index (χ1n) is 5.53. The fraction of sp³-hybridized carbons (Fsp3) is 0.462. The van der Waals surface area contributed by atoms with Gasteiger partial charge in [-0.1, -0.05) is 30.3 Å². The summed E-state index contributed by atoms with van der Waals surface area (Å²) in [6.07, 6.45) is 0. The van der Waals surface area contributed by atoms with Crippen molar-refractivity contribution < 1.29 is 4.79 Å². The van der Waals surface area contributed by atoms with Gasteiger partial charge in [-0.2, -0.15) is 0 Å². The van der Waals surface area contributed by atoms with Crippen molar-refractivity contribution in [1.82, 2.24) is 5.32 Å². The molecule has 1 aromatic rings. The SMILES string of the molecule is CC(NC(=O)C(C)(C)CN)c1ccccc1. The first-order chi connectivity index (χ1) is 7.47. The van der Waals surface area contributed by atoms with Crippen LogP contribution in [0, 0.1) is 5.41 Å². The molecule has 0 aliphatic rings. The molecule has 16 heavy (non-hydrogen) atoms. The summed E-state index contributed by atoms with van der Waals surface area (Å²) in [7, 11) is 0. The van der Waals surface area contributed by atoms with Crippen molar-refractivity contribution in [2.75, 3.05) is 6.54 Å². The molecule has 0 saturated carbocycles. The molecule has 1 unspecified atom stereocenters. The Labute approximate surface area is 97.0 Å². The number of benzene rings is 1. The van der Waals surface area contributed by atoms with Crippen LogP contribution in [0.15, 0.2) is 30.3 Å². The minimum absolute atomic E-state index is 0.00801. The Morgan fingerprint density at radius 1 is 1.38 bits per heavy atom. The molecule has 0 bridgehead atoms. The summed E-state index contributed by atoms with van der Waals surface area (Å²) >= 11 is 0. The van der Waals surface area contributed by atoms with Gasteiger partial charge in [0.1, 0.15) is 0 Å². The number of amides is 1. The lowest BCUT2D eigenvalue weighted by Crippen LogP contribution is -2.42. The average molecular weight is 220 g/mol. The zero-order valence-corrected chi connectivity index (χ0v) is 10.2. The lowest BCUT2D eigenvalue weighted by Gasteiger charge is -2.24. The van der Waals surface area contributed by atoms with Crippen LogP contribution >= 0.6 is 0 Å². The monoisotopic (exact) mass is 220 g/mol. The van der Waals surface area contributed by atoms with Crippen LogP contribution in [0.25, 0.3) is 0 Å². The van der Waals surface area contributed by atoms with Crippen LogP contribution in [0.1, 0.15) is 32.4 Å². The predicted octanol–water partition coefficient (Wildman–Crippen LogP) is 1.85. The number of hydrogen-bond donors (Lipinski definition) is 2. The minimum Gasteiger partial charge on any atom is -0.349 e. The normalized spacial score (nSPS) is 13.2. The van der Waals surface area contributed by atoms with E-state index >= 15 is 0 Å². The number of carbonyl (C=O) groups is 1. The molecule has 0 aliphatic carbocycles. The number of carbonyl (C=O) groups excluding carboxylic acids is 1. The lowest BCUT2D eigenvalue weighted by atomic mass is 9.92. The quantitative estimate of drug-likeness (QED) is 0.813. The van der Waals surface area contributed by atoms with Crippen LogP contribution in [-0.2, 0) is 4.79 Å². The van der Waals surface area contributed by atoms with Crippen molar-refractivity contribution in [2.45, 2.75) is 26.8 Å². The second-order valence-electron chi connectivity index (χ2n) is 4.69. The van der Waals surface area contributed by atoms with E-state index in [1.54, 1.807) is 0 Å². The third-order valence-corrected chi connectivity index (χ3v) is 2.77. The van der Waals surface area contributed by atoms with Gasteiger partial charge in [0, 0.05) is 6.54 Å².